The average Bonchev–Trinajstić information content (AvgIpc) is 3.32. The first kappa shape index (κ1) is 18.8. The minimum atomic E-state index is -0.319. The van der Waals surface area contributed by atoms with Gasteiger partial charge >= 0.3 is 0 Å². The molecule has 6 nitrogen and oxygen atoms in total. The number of hydrazone groups is 1. The molecular weight excluding hydrogens is 390 g/mol. The second kappa shape index (κ2) is 7.57. The van der Waals surface area contributed by atoms with Crippen LogP contribution in [0.3, 0.4) is 0 Å². The number of rotatable bonds is 5. The van der Waals surface area contributed by atoms with E-state index in [1.54, 1.807) is 23.1 Å². The molecular formula is C25H19N3O3. The van der Waals surface area contributed by atoms with Gasteiger partial charge in [0, 0.05) is 16.5 Å². The van der Waals surface area contributed by atoms with E-state index in [2.05, 4.69) is 10.5 Å². The molecule has 31 heavy (non-hydrogen) atoms. The number of hydrogen-bond acceptors (Lipinski definition) is 4. The maximum Gasteiger partial charge on any atom is 0.271 e. The van der Waals surface area contributed by atoms with Gasteiger partial charge in [-0.1, -0.05) is 36.4 Å². The summed E-state index contributed by atoms with van der Waals surface area (Å²) >= 11 is 0. The number of aryl methyl sites for hydroxylation is 1. The van der Waals surface area contributed by atoms with Crippen LogP contribution in [0.1, 0.15) is 37.8 Å². The van der Waals surface area contributed by atoms with Crippen LogP contribution < -0.4 is 10.3 Å². The largest absolute Gasteiger partial charge is 0.460 e. The molecule has 0 saturated carbocycles. The molecule has 1 N–H and O–H groups in total. The van der Waals surface area contributed by atoms with Crippen molar-refractivity contribution >= 4 is 34.5 Å². The number of nitrogens with one attached hydrogen (secondary N) is 1. The summed E-state index contributed by atoms with van der Waals surface area (Å²) in [7, 11) is 0. The van der Waals surface area contributed by atoms with Crippen molar-refractivity contribution in [1.82, 2.24) is 5.43 Å². The lowest BCUT2D eigenvalue weighted by Crippen LogP contribution is -2.26. The van der Waals surface area contributed by atoms with E-state index in [0.717, 1.165) is 33.3 Å². The van der Waals surface area contributed by atoms with Gasteiger partial charge in [0.15, 0.2) is 0 Å². The van der Waals surface area contributed by atoms with E-state index in [1.165, 1.54) is 6.21 Å². The van der Waals surface area contributed by atoms with Crippen LogP contribution in [-0.4, -0.2) is 18.0 Å². The fraction of sp³-hybridized carbons (Fsp3) is 0.0800. The average molecular weight is 409 g/mol. The van der Waals surface area contributed by atoms with Crippen molar-refractivity contribution in [3.63, 3.8) is 0 Å². The van der Waals surface area contributed by atoms with E-state index < -0.39 is 0 Å². The predicted molar refractivity (Wildman–Crippen MR) is 119 cm³/mol. The molecule has 0 radical (unpaired) electrons. The first-order chi connectivity index (χ1) is 15.1. The van der Waals surface area contributed by atoms with E-state index in [-0.39, 0.29) is 11.8 Å². The highest BCUT2D eigenvalue weighted by Gasteiger charge is 2.29. The summed E-state index contributed by atoms with van der Waals surface area (Å²) in [6.07, 6.45) is 1.45. The van der Waals surface area contributed by atoms with Crippen LogP contribution in [-0.2, 0) is 6.54 Å². The van der Waals surface area contributed by atoms with E-state index in [9.17, 15) is 9.59 Å². The number of furan rings is 1. The Balaban J connectivity index is 1.29. The molecule has 0 aliphatic carbocycles. The SMILES string of the molecule is Cc1ccc(/C=N\NC(=O)c2ccc(CN3C(=O)c4cccc5cccc3c45)cc2)o1. The minimum absolute atomic E-state index is 0.00359. The number of anilines is 1. The first-order valence-corrected chi connectivity index (χ1v) is 9.92. The van der Waals surface area contributed by atoms with Gasteiger partial charge in [0.25, 0.3) is 11.8 Å². The Morgan fingerprint density at radius 1 is 1.03 bits per heavy atom. The Morgan fingerprint density at radius 3 is 2.55 bits per heavy atom. The molecule has 0 spiro atoms. The molecule has 0 saturated heterocycles. The van der Waals surface area contributed by atoms with Crippen LogP contribution in [0.5, 0.6) is 0 Å². The van der Waals surface area contributed by atoms with Crippen LogP contribution in [0.15, 0.2) is 82.3 Å². The number of benzene rings is 3. The van der Waals surface area contributed by atoms with Gasteiger partial charge in [0.05, 0.1) is 18.4 Å². The zero-order valence-corrected chi connectivity index (χ0v) is 16.8. The van der Waals surface area contributed by atoms with Gasteiger partial charge in [-0.05, 0) is 54.3 Å². The maximum atomic E-state index is 12.9. The Kier molecular flexibility index (Phi) is 4.59. The first-order valence-electron chi connectivity index (χ1n) is 9.92. The third-order valence-corrected chi connectivity index (χ3v) is 5.32. The molecule has 2 amide bonds. The van der Waals surface area contributed by atoms with Gasteiger partial charge in [-0.25, -0.2) is 5.43 Å². The molecule has 3 aromatic carbocycles. The predicted octanol–water partition coefficient (Wildman–Crippen LogP) is 4.67. The van der Waals surface area contributed by atoms with Crippen molar-refractivity contribution in [3.05, 3.63) is 101 Å². The Bertz CT molecular complexity index is 1330. The Hall–Kier alpha value is -4.19. The molecule has 6 heteroatoms. The topological polar surface area (TPSA) is 74.9 Å². The summed E-state index contributed by atoms with van der Waals surface area (Å²) in [4.78, 5) is 27.0. The molecule has 152 valence electrons. The smallest absolute Gasteiger partial charge is 0.271 e. The number of amides is 2. The van der Waals surface area contributed by atoms with Gasteiger partial charge < -0.3 is 9.32 Å². The summed E-state index contributed by atoms with van der Waals surface area (Å²) < 4.78 is 5.37. The fourth-order valence-corrected chi connectivity index (χ4v) is 3.82. The van der Waals surface area contributed by atoms with Crippen molar-refractivity contribution in [1.29, 1.82) is 0 Å². The quantitative estimate of drug-likeness (QED) is 0.385. The Labute approximate surface area is 178 Å². The number of carbonyl (C=O) groups excluding carboxylic acids is 2. The zero-order valence-electron chi connectivity index (χ0n) is 16.8. The lowest BCUT2D eigenvalue weighted by atomic mass is 10.1. The molecule has 0 atom stereocenters. The Morgan fingerprint density at radius 2 is 1.81 bits per heavy atom. The second-order valence-corrected chi connectivity index (χ2v) is 7.42. The lowest BCUT2D eigenvalue weighted by Gasteiger charge is -2.18. The van der Waals surface area contributed by atoms with E-state index in [0.29, 0.717) is 17.9 Å². The van der Waals surface area contributed by atoms with Gasteiger partial charge in [-0.2, -0.15) is 5.10 Å². The van der Waals surface area contributed by atoms with Crippen LogP contribution in [0.25, 0.3) is 10.8 Å². The monoisotopic (exact) mass is 409 g/mol. The fourth-order valence-electron chi connectivity index (χ4n) is 3.82. The van der Waals surface area contributed by atoms with Crippen molar-refractivity contribution in [2.24, 2.45) is 5.10 Å². The van der Waals surface area contributed by atoms with Crippen molar-refractivity contribution in [2.75, 3.05) is 4.90 Å². The summed E-state index contributed by atoms with van der Waals surface area (Å²) in [6, 6.07) is 22.5. The molecule has 0 fully saturated rings. The van der Waals surface area contributed by atoms with Gasteiger partial charge in [0.2, 0.25) is 0 Å². The zero-order chi connectivity index (χ0) is 21.4. The molecule has 1 aliphatic heterocycles. The number of carbonyl (C=O) groups is 2. The van der Waals surface area contributed by atoms with Crippen LogP contribution in [0.4, 0.5) is 5.69 Å². The van der Waals surface area contributed by atoms with Gasteiger partial charge in [0.1, 0.15) is 11.5 Å². The molecule has 0 unspecified atom stereocenters. The van der Waals surface area contributed by atoms with Crippen LogP contribution in [0, 0.1) is 6.92 Å². The van der Waals surface area contributed by atoms with Crippen LogP contribution in [0.2, 0.25) is 0 Å². The summed E-state index contributed by atoms with van der Waals surface area (Å²) in [5, 5.41) is 5.97. The second-order valence-electron chi connectivity index (χ2n) is 7.42. The molecule has 5 rings (SSSR count). The summed E-state index contributed by atoms with van der Waals surface area (Å²) in [6.45, 7) is 2.27. The summed E-state index contributed by atoms with van der Waals surface area (Å²) in [5.41, 5.74) is 5.55. The normalized spacial score (nSPS) is 12.8. The summed E-state index contributed by atoms with van der Waals surface area (Å²) in [5.74, 6) is 1.02. The van der Waals surface area contributed by atoms with Crippen LogP contribution >= 0.6 is 0 Å². The van der Waals surface area contributed by atoms with Gasteiger partial charge in [-0.3, -0.25) is 9.59 Å². The van der Waals surface area contributed by atoms with E-state index in [1.807, 2.05) is 61.5 Å². The molecule has 4 aromatic rings. The molecule has 2 heterocycles. The number of hydrogen-bond donors (Lipinski definition) is 1. The standard InChI is InChI=1S/C25H19N3O3/c1-16-8-13-20(31-16)14-26-27-24(29)19-11-9-17(10-12-19)15-28-22-7-3-5-18-4-2-6-21(23(18)22)25(28)30/h2-14H,15H2,1H3,(H,27,29)/b26-14-. The third-order valence-electron chi connectivity index (χ3n) is 5.32. The molecule has 1 aromatic heterocycles. The lowest BCUT2D eigenvalue weighted by molar-refractivity contribution is 0.0953. The van der Waals surface area contributed by atoms with Crippen molar-refractivity contribution in [2.45, 2.75) is 13.5 Å². The number of nitrogens with zero attached hydrogens (tertiary/aromatic N) is 2. The highest BCUT2D eigenvalue weighted by molar-refractivity contribution is 6.24. The third kappa shape index (κ3) is 3.48. The van der Waals surface area contributed by atoms with E-state index in [4.69, 9.17) is 4.42 Å². The molecule has 0 bridgehead atoms. The van der Waals surface area contributed by atoms with Crippen molar-refractivity contribution in [3.8, 4) is 0 Å². The maximum absolute atomic E-state index is 12.9. The highest BCUT2D eigenvalue weighted by Crippen LogP contribution is 2.37. The van der Waals surface area contributed by atoms with E-state index >= 15 is 0 Å². The molecule has 1 aliphatic rings. The highest BCUT2D eigenvalue weighted by atomic mass is 16.3. The van der Waals surface area contributed by atoms with Crippen molar-refractivity contribution < 1.29 is 14.0 Å². The minimum Gasteiger partial charge on any atom is -0.460 e. The van der Waals surface area contributed by atoms with Gasteiger partial charge in [-0.15, -0.1) is 0 Å².